The monoisotopic (exact) mass is 308 g/mol. The number of nitrogens with zero attached hydrogens (tertiary/aromatic N) is 4. The molecule has 0 saturated heterocycles. The first kappa shape index (κ1) is 15.4. The molecule has 21 heavy (non-hydrogen) atoms. The van der Waals surface area contributed by atoms with Gasteiger partial charge in [-0.25, -0.2) is 14.8 Å². The van der Waals surface area contributed by atoms with E-state index in [1.807, 2.05) is 12.3 Å². The average Bonchev–Trinajstić information content (AvgIpc) is 3.09. The quantitative estimate of drug-likeness (QED) is 0.858. The van der Waals surface area contributed by atoms with E-state index in [-0.39, 0.29) is 12.1 Å². The van der Waals surface area contributed by atoms with E-state index in [1.54, 1.807) is 11.0 Å². The molecule has 0 aliphatic rings. The van der Waals surface area contributed by atoms with Crippen LogP contribution >= 0.6 is 11.3 Å². The van der Waals surface area contributed by atoms with Gasteiger partial charge in [-0.05, 0) is 19.3 Å². The van der Waals surface area contributed by atoms with Gasteiger partial charge in [0, 0.05) is 11.4 Å². The predicted octanol–water partition coefficient (Wildman–Crippen LogP) is 2.46. The Hall–Kier alpha value is -1.96. The Morgan fingerprint density at radius 1 is 1.48 bits per heavy atom. The summed E-state index contributed by atoms with van der Waals surface area (Å²) in [5, 5.41) is 12.2. The number of hydrogen-bond acceptors (Lipinski definition) is 5. The maximum atomic E-state index is 11.9. The smallest absolute Gasteiger partial charge is 0.321 e. The van der Waals surface area contributed by atoms with Gasteiger partial charge in [-0.1, -0.05) is 13.8 Å². The molecule has 0 unspecified atom stereocenters. The fourth-order valence-corrected chi connectivity index (χ4v) is 2.62. The van der Waals surface area contributed by atoms with Crippen molar-refractivity contribution in [3.8, 4) is 0 Å². The number of nitrogens with one attached hydrogen (secondary N) is 2. The molecule has 114 valence electrons. The predicted molar refractivity (Wildman–Crippen MR) is 82.5 cm³/mol. The Labute approximate surface area is 127 Å². The molecule has 2 heterocycles. The van der Waals surface area contributed by atoms with Crippen LogP contribution in [0.4, 0.5) is 9.93 Å². The molecule has 0 aromatic carbocycles. The van der Waals surface area contributed by atoms with Crippen LogP contribution in [-0.4, -0.2) is 31.8 Å². The second-order valence-electron chi connectivity index (χ2n) is 5.00. The third kappa shape index (κ3) is 4.52. The van der Waals surface area contributed by atoms with Gasteiger partial charge >= 0.3 is 6.03 Å². The van der Waals surface area contributed by atoms with E-state index in [0.29, 0.717) is 17.6 Å². The number of aromatic nitrogens is 4. The summed E-state index contributed by atoms with van der Waals surface area (Å²) in [4.78, 5) is 20.2. The lowest BCUT2D eigenvalue weighted by molar-refractivity contribution is 0.247. The van der Waals surface area contributed by atoms with Crippen LogP contribution in [0, 0.1) is 0 Å². The fourth-order valence-electron chi connectivity index (χ4n) is 1.79. The first-order chi connectivity index (χ1) is 10.1. The minimum Gasteiger partial charge on any atom is -0.333 e. The van der Waals surface area contributed by atoms with Gasteiger partial charge in [0.15, 0.2) is 5.13 Å². The highest BCUT2D eigenvalue weighted by molar-refractivity contribution is 7.13. The van der Waals surface area contributed by atoms with Gasteiger partial charge in [-0.3, -0.25) is 10.00 Å². The highest BCUT2D eigenvalue weighted by Crippen LogP contribution is 2.23. The zero-order valence-electron chi connectivity index (χ0n) is 12.4. The molecule has 2 atom stereocenters. The van der Waals surface area contributed by atoms with E-state index in [4.69, 9.17) is 0 Å². The maximum absolute atomic E-state index is 11.9. The maximum Gasteiger partial charge on any atom is 0.321 e. The van der Waals surface area contributed by atoms with Crippen LogP contribution in [0.5, 0.6) is 0 Å². The van der Waals surface area contributed by atoms with Crippen molar-refractivity contribution in [1.82, 2.24) is 25.1 Å². The topological polar surface area (TPSA) is 84.7 Å². The molecule has 0 aliphatic carbocycles. The Bertz CT molecular complexity index is 567. The molecular weight excluding hydrogens is 288 g/mol. The zero-order chi connectivity index (χ0) is 15.2. The average molecular weight is 308 g/mol. The van der Waals surface area contributed by atoms with Gasteiger partial charge in [-0.15, -0.1) is 11.3 Å². The molecular formula is C13H20N6OS. The summed E-state index contributed by atoms with van der Waals surface area (Å²) >= 11 is 1.44. The standard InChI is InChI=1S/C13H20N6OS/c1-4-9(2)11-6-21-13(17-11)18-12(20)16-10(3)5-19-8-14-7-15-19/h6-10H,4-5H2,1-3H3,(H2,16,17,18,20)/t9-,10+/m0/s1. The number of urea groups is 1. The van der Waals surface area contributed by atoms with Crippen molar-refractivity contribution in [2.75, 3.05) is 5.32 Å². The lowest BCUT2D eigenvalue weighted by Gasteiger charge is -2.13. The third-order valence-electron chi connectivity index (χ3n) is 3.16. The van der Waals surface area contributed by atoms with E-state index in [1.165, 1.54) is 17.7 Å². The van der Waals surface area contributed by atoms with E-state index < -0.39 is 0 Å². The van der Waals surface area contributed by atoms with Crippen molar-refractivity contribution in [2.45, 2.75) is 45.7 Å². The Balaban J connectivity index is 1.82. The molecule has 7 nitrogen and oxygen atoms in total. The van der Waals surface area contributed by atoms with Gasteiger partial charge in [-0.2, -0.15) is 5.10 Å². The summed E-state index contributed by atoms with van der Waals surface area (Å²) in [7, 11) is 0. The second kappa shape index (κ2) is 7.16. The van der Waals surface area contributed by atoms with E-state index in [0.717, 1.165) is 12.1 Å². The summed E-state index contributed by atoms with van der Waals surface area (Å²) in [6, 6.07) is -0.312. The molecule has 0 bridgehead atoms. The summed E-state index contributed by atoms with van der Waals surface area (Å²) in [5.41, 5.74) is 1.02. The molecule has 0 spiro atoms. The number of thiazole rings is 1. The van der Waals surface area contributed by atoms with E-state index >= 15 is 0 Å². The molecule has 2 N–H and O–H groups in total. The minimum atomic E-state index is -0.257. The Morgan fingerprint density at radius 3 is 2.95 bits per heavy atom. The van der Waals surface area contributed by atoms with Crippen molar-refractivity contribution in [1.29, 1.82) is 0 Å². The SMILES string of the molecule is CC[C@H](C)c1csc(NC(=O)N[C@H](C)Cn2cncn2)n1. The summed E-state index contributed by atoms with van der Waals surface area (Å²) < 4.78 is 1.68. The van der Waals surface area contributed by atoms with Crippen molar-refractivity contribution in [2.24, 2.45) is 0 Å². The van der Waals surface area contributed by atoms with Crippen LogP contribution in [0.2, 0.25) is 0 Å². The first-order valence-electron chi connectivity index (χ1n) is 6.93. The summed E-state index contributed by atoms with van der Waals surface area (Å²) in [5.74, 6) is 0.408. The summed E-state index contributed by atoms with van der Waals surface area (Å²) in [6.45, 7) is 6.73. The molecule has 0 aliphatic heterocycles. The van der Waals surface area contributed by atoms with Gasteiger partial charge in [0.2, 0.25) is 0 Å². The van der Waals surface area contributed by atoms with Crippen molar-refractivity contribution in [3.05, 3.63) is 23.7 Å². The second-order valence-corrected chi connectivity index (χ2v) is 5.86. The van der Waals surface area contributed by atoms with Crippen LogP contribution < -0.4 is 10.6 Å². The lowest BCUT2D eigenvalue weighted by atomic mass is 10.1. The molecule has 8 heteroatoms. The number of anilines is 1. The molecule has 2 rings (SSSR count). The van der Waals surface area contributed by atoms with Gasteiger partial charge < -0.3 is 5.32 Å². The lowest BCUT2D eigenvalue weighted by Crippen LogP contribution is -2.38. The molecule has 2 aromatic heterocycles. The fraction of sp³-hybridized carbons (Fsp3) is 0.538. The number of carbonyl (C=O) groups excluding carboxylic acids is 1. The normalized spacial score (nSPS) is 13.7. The zero-order valence-corrected chi connectivity index (χ0v) is 13.2. The van der Waals surface area contributed by atoms with Crippen LogP contribution in [0.25, 0.3) is 0 Å². The first-order valence-corrected chi connectivity index (χ1v) is 7.81. The minimum absolute atomic E-state index is 0.0549. The van der Waals surface area contributed by atoms with E-state index in [9.17, 15) is 4.79 Å². The largest absolute Gasteiger partial charge is 0.333 e. The van der Waals surface area contributed by atoms with Gasteiger partial charge in [0.05, 0.1) is 12.2 Å². The highest BCUT2D eigenvalue weighted by Gasteiger charge is 2.12. The molecule has 2 aromatic rings. The number of amides is 2. The number of hydrogen-bond donors (Lipinski definition) is 2. The molecule has 2 amide bonds. The number of carbonyl (C=O) groups is 1. The van der Waals surface area contributed by atoms with Crippen LogP contribution in [0.3, 0.4) is 0 Å². The molecule has 0 fully saturated rings. The van der Waals surface area contributed by atoms with Crippen LogP contribution in [0.1, 0.15) is 38.8 Å². The molecule has 0 saturated carbocycles. The Morgan fingerprint density at radius 2 is 2.29 bits per heavy atom. The summed E-state index contributed by atoms with van der Waals surface area (Å²) in [6.07, 6.45) is 4.12. The van der Waals surface area contributed by atoms with Crippen LogP contribution in [0.15, 0.2) is 18.0 Å². The van der Waals surface area contributed by atoms with Crippen molar-refractivity contribution >= 4 is 22.5 Å². The highest BCUT2D eigenvalue weighted by atomic mass is 32.1. The molecule has 0 radical (unpaired) electrons. The van der Waals surface area contributed by atoms with Gasteiger partial charge in [0.25, 0.3) is 0 Å². The van der Waals surface area contributed by atoms with Crippen molar-refractivity contribution in [3.63, 3.8) is 0 Å². The van der Waals surface area contributed by atoms with Crippen molar-refractivity contribution < 1.29 is 4.79 Å². The van der Waals surface area contributed by atoms with Crippen LogP contribution in [-0.2, 0) is 6.54 Å². The Kier molecular flexibility index (Phi) is 5.26. The third-order valence-corrected chi connectivity index (χ3v) is 3.94. The van der Waals surface area contributed by atoms with E-state index in [2.05, 4.69) is 39.5 Å². The van der Waals surface area contributed by atoms with Gasteiger partial charge in [0.1, 0.15) is 12.7 Å². The number of rotatable bonds is 6.